The topological polar surface area (TPSA) is 120 Å². The minimum atomic E-state index is -0.794. The van der Waals surface area contributed by atoms with Crippen LogP contribution in [0.15, 0.2) is 48.5 Å². The molecular weight excluding hydrogens is 380 g/mol. The maximum absolute atomic E-state index is 12.0. The Balaban J connectivity index is 1.81. The lowest BCUT2D eigenvalue weighted by Gasteiger charge is -2.10. The van der Waals surface area contributed by atoms with Gasteiger partial charge in [-0.15, -0.1) is 0 Å². The Morgan fingerprint density at radius 3 is 2.45 bits per heavy atom. The van der Waals surface area contributed by atoms with Gasteiger partial charge in [-0.3, -0.25) is 14.4 Å². The van der Waals surface area contributed by atoms with Gasteiger partial charge in [0.1, 0.15) is 12.3 Å². The van der Waals surface area contributed by atoms with Crippen LogP contribution in [0.5, 0.6) is 5.75 Å². The van der Waals surface area contributed by atoms with Crippen LogP contribution in [0.3, 0.4) is 0 Å². The average Bonchev–Trinajstić information content (AvgIpc) is 2.75. The van der Waals surface area contributed by atoms with Gasteiger partial charge in [-0.1, -0.05) is 18.2 Å². The van der Waals surface area contributed by atoms with Crippen molar-refractivity contribution in [2.45, 2.75) is 0 Å². The summed E-state index contributed by atoms with van der Waals surface area (Å²) in [4.78, 5) is 47.4. The Morgan fingerprint density at radius 2 is 1.72 bits per heavy atom. The predicted octanol–water partition coefficient (Wildman–Crippen LogP) is 1.39. The fourth-order valence-corrected chi connectivity index (χ4v) is 2.28. The molecule has 2 rings (SSSR count). The van der Waals surface area contributed by atoms with Crippen molar-refractivity contribution in [2.24, 2.45) is 0 Å². The number of carbonyl (C=O) groups excluding carboxylic acids is 4. The fraction of sp³-hybridized carbons (Fsp3) is 0.200. The lowest BCUT2D eigenvalue weighted by molar-refractivity contribution is -0.146. The van der Waals surface area contributed by atoms with Gasteiger partial charge in [0.25, 0.3) is 11.8 Å². The molecule has 29 heavy (non-hydrogen) atoms. The molecule has 0 heterocycles. The van der Waals surface area contributed by atoms with E-state index >= 15 is 0 Å². The molecule has 0 atom stereocenters. The van der Waals surface area contributed by atoms with Crippen molar-refractivity contribution in [3.8, 4) is 5.75 Å². The second-order valence-electron chi connectivity index (χ2n) is 5.66. The normalized spacial score (nSPS) is 9.86. The third-order valence-electron chi connectivity index (χ3n) is 3.70. The van der Waals surface area contributed by atoms with Gasteiger partial charge < -0.3 is 24.8 Å². The summed E-state index contributed by atoms with van der Waals surface area (Å²) >= 11 is 0. The summed E-state index contributed by atoms with van der Waals surface area (Å²) in [5.41, 5.74) is 0.710. The van der Waals surface area contributed by atoms with Gasteiger partial charge in [0.15, 0.2) is 6.61 Å². The van der Waals surface area contributed by atoms with Crippen LogP contribution in [0.1, 0.15) is 20.7 Å². The predicted molar refractivity (Wildman–Crippen MR) is 103 cm³/mol. The zero-order chi connectivity index (χ0) is 21.2. The number of amides is 2. The molecule has 0 saturated carbocycles. The van der Waals surface area contributed by atoms with E-state index in [1.54, 1.807) is 30.3 Å². The Bertz CT molecular complexity index is 911. The van der Waals surface area contributed by atoms with E-state index in [9.17, 15) is 19.2 Å². The first-order chi connectivity index (χ1) is 13.9. The highest BCUT2D eigenvalue weighted by Crippen LogP contribution is 2.16. The standard InChI is InChI=1S/C20H20N2O7/c1-27-14-7-5-6-13(10-14)19(25)21-11-18(24)29-12-17(23)22-16-9-4-3-8-15(16)20(26)28-2/h3-10H,11-12H2,1-2H3,(H,21,25)(H,22,23). The van der Waals surface area contributed by atoms with Crippen molar-refractivity contribution >= 4 is 29.4 Å². The maximum atomic E-state index is 12.0. The number of anilines is 1. The van der Waals surface area contributed by atoms with Gasteiger partial charge in [0, 0.05) is 5.56 Å². The summed E-state index contributed by atoms with van der Waals surface area (Å²) < 4.78 is 14.5. The average molecular weight is 400 g/mol. The molecule has 2 aromatic rings. The second-order valence-corrected chi connectivity index (χ2v) is 5.66. The summed E-state index contributed by atoms with van der Waals surface area (Å²) in [6, 6.07) is 12.7. The van der Waals surface area contributed by atoms with E-state index in [4.69, 9.17) is 9.47 Å². The maximum Gasteiger partial charge on any atom is 0.339 e. The van der Waals surface area contributed by atoms with Crippen molar-refractivity contribution in [1.29, 1.82) is 0 Å². The number of nitrogens with one attached hydrogen (secondary N) is 2. The molecule has 9 heteroatoms. The number of benzene rings is 2. The van der Waals surface area contributed by atoms with Crippen molar-refractivity contribution < 1.29 is 33.4 Å². The van der Waals surface area contributed by atoms with E-state index in [-0.39, 0.29) is 11.3 Å². The van der Waals surface area contributed by atoms with Crippen molar-refractivity contribution in [1.82, 2.24) is 5.32 Å². The van der Waals surface area contributed by atoms with Gasteiger partial charge >= 0.3 is 11.9 Å². The number of ether oxygens (including phenoxy) is 3. The molecule has 0 aliphatic heterocycles. The fourth-order valence-electron chi connectivity index (χ4n) is 2.28. The molecule has 0 spiro atoms. The highest BCUT2D eigenvalue weighted by atomic mass is 16.5. The molecule has 2 aromatic carbocycles. The summed E-state index contributed by atoms with van der Waals surface area (Å²) in [5, 5.41) is 4.86. The first-order valence-corrected chi connectivity index (χ1v) is 8.49. The molecule has 0 aliphatic rings. The molecular formula is C20H20N2O7. The van der Waals surface area contributed by atoms with Gasteiger partial charge in [0.05, 0.1) is 25.5 Å². The zero-order valence-corrected chi connectivity index (χ0v) is 15.9. The van der Waals surface area contributed by atoms with Crippen LogP contribution in [-0.4, -0.2) is 51.1 Å². The van der Waals surface area contributed by atoms with E-state index in [1.165, 1.54) is 32.4 Å². The summed E-state index contributed by atoms with van der Waals surface area (Å²) in [6.07, 6.45) is 0. The van der Waals surface area contributed by atoms with Gasteiger partial charge in [-0.2, -0.15) is 0 Å². The van der Waals surface area contributed by atoms with Crippen LogP contribution in [-0.2, 0) is 19.1 Å². The van der Waals surface area contributed by atoms with Crippen LogP contribution in [0.25, 0.3) is 0 Å². The highest BCUT2D eigenvalue weighted by molar-refractivity contribution is 6.02. The van der Waals surface area contributed by atoms with E-state index in [2.05, 4.69) is 15.4 Å². The lowest BCUT2D eigenvalue weighted by Crippen LogP contribution is -2.32. The van der Waals surface area contributed by atoms with E-state index in [0.29, 0.717) is 11.3 Å². The van der Waals surface area contributed by atoms with Gasteiger partial charge in [-0.25, -0.2) is 4.79 Å². The van der Waals surface area contributed by atoms with Crippen molar-refractivity contribution in [3.05, 3.63) is 59.7 Å². The van der Waals surface area contributed by atoms with Crippen molar-refractivity contribution in [3.63, 3.8) is 0 Å². The summed E-state index contributed by atoms with van der Waals surface area (Å²) in [7, 11) is 2.70. The quantitative estimate of drug-likeness (QED) is 0.643. The molecule has 0 saturated heterocycles. The molecule has 0 bridgehead atoms. The highest BCUT2D eigenvalue weighted by Gasteiger charge is 2.15. The Morgan fingerprint density at radius 1 is 0.966 bits per heavy atom. The lowest BCUT2D eigenvalue weighted by atomic mass is 10.2. The molecule has 9 nitrogen and oxygen atoms in total. The Hall–Kier alpha value is -3.88. The molecule has 152 valence electrons. The number of methoxy groups -OCH3 is 2. The largest absolute Gasteiger partial charge is 0.497 e. The van der Waals surface area contributed by atoms with E-state index in [0.717, 1.165) is 0 Å². The number of hydrogen-bond acceptors (Lipinski definition) is 7. The molecule has 2 amide bonds. The van der Waals surface area contributed by atoms with Gasteiger partial charge in [-0.05, 0) is 30.3 Å². The van der Waals surface area contributed by atoms with Crippen molar-refractivity contribution in [2.75, 3.05) is 32.7 Å². The Kier molecular flexibility index (Phi) is 7.72. The number of carbonyl (C=O) groups is 4. The van der Waals surface area contributed by atoms with Crippen LogP contribution in [0.2, 0.25) is 0 Å². The molecule has 0 radical (unpaired) electrons. The molecule has 0 unspecified atom stereocenters. The smallest absolute Gasteiger partial charge is 0.339 e. The number of para-hydroxylation sites is 1. The zero-order valence-electron chi connectivity index (χ0n) is 15.9. The molecule has 2 N–H and O–H groups in total. The molecule has 0 aliphatic carbocycles. The second kappa shape index (κ2) is 10.5. The first kappa shape index (κ1) is 21.4. The van der Waals surface area contributed by atoms with E-state index < -0.39 is 36.9 Å². The summed E-state index contributed by atoms with van der Waals surface area (Å²) in [6.45, 7) is -0.995. The number of esters is 2. The van der Waals surface area contributed by atoms with E-state index in [1.807, 2.05) is 0 Å². The molecule has 0 aromatic heterocycles. The van der Waals surface area contributed by atoms with Crippen LogP contribution >= 0.6 is 0 Å². The minimum absolute atomic E-state index is 0.167. The monoisotopic (exact) mass is 400 g/mol. The number of hydrogen-bond donors (Lipinski definition) is 2. The third-order valence-corrected chi connectivity index (χ3v) is 3.70. The number of rotatable bonds is 8. The molecule has 0 fully saturated rings. The summed E-state index contributed by atoms with van der Waals surface area (Å²) in [5.74, 6) is -2.04. The van der Waals surface area contributed by atoms with Crippen LogP contribution in [0, 0.1) is 0 Å². The third kappa shape index (κ3) is 6.35. The van der Waals surface area contributed by atoms with Crippen LogP contribution < -0.4 is 15.4 Å². The SMILES string of the molecule is COC(=O)c1ccccc1NC(=O)COC(=O)CNC(=O)c1cccc(OC)c1. The van der Waals surface area contributed by atoms with Crippen LogP contribution in [0.4, 0.5) is 5.69 Å². The van der Waals surface area contributed by atoms with Gasteiger partial charge in [0.2, 0.25) is 0 Å². The first-order valence-electron chi connectivity index (χ1n) is 8.49. The minimum Gasteiger partial charge on any atom is -0.497 e. The Labute approximate surface area is 166 Å².